The Labute approximate surface area is 722 Å². The second kappa shape index (κ2) is 1710. The fourth-order valence-electron chi connectivity index (χ4n) is 0. The molecule has 0 aromatic rings. The molecule has 0 aromatic heterocycles. The van der Waals surface area contributed by atoms with Gasteiger partial charge in [-0.25, -0.2) is 0 Å². The van der Waals surface area contributed by atoms with Crippen molar-refractivity contribution in [2.45, 2.75) is 0 Å². The van der Waals surface area contributed by atoms with Crippen molar-refractivity contribution < 1.29 is 473 Å². The minimum absolute atomic E-state index is 0. The van der Waals surface area contributed by atoms with E-state index < -0.39 is 0 Å². The molecule has 0 unspecified atom stereocenters. The van der Waals surface area contributed by atoms with Crippen LogP contribution in [0.2, 0.25) is 0 Å². The quantitative estimate of drug-likeness (QED) is 0.204. The van der Waals surface area contributed by atoms with Crippen molar-refractivity contribution in [2.75, 3.05) is 0 Å². The van der Waals surface area contributed by atoms with Crippen LogP contribution in [0, 0.1) is 0 Å². The molecule has 82 N–H and O–H groups in total. The number of hydrogen-bond acceptors (Lipinski definition) is 0. The van der Waals surface area contributed by atoms with Gasteiger partial charge in [-0.2, -0.15) is 0 Å². The van der Waals surface area contributed by atoms with Gasteiger partial charge >= 0.3 is 0 Å². The van der Waals surface area contributed by atoms with Gasteiger partial charge in [-0.3, -0.25) is 0 Å². The zero-order valence-electron chi connectivity index (χ0n) is 30.8. The first-order valence-electron chi connectivity index (χ1n) is 0. The zero-order valence-corrected chi connectivity index (χ0v) is 80.6. The molecule has 0 aliphatic heterocycles. The molecular weight excluding hydrogens is 2970 g/mol. The summed E-state index contributed by atoms with van der Waals surface area (Å²) >= 11 is 0. The van der Waals surface area contributed by atoms with Crippen LogP contribution in [0.25, 0.3) is 0 Å². The van der Waals surface area contributed by atoms with Crippen LogP contribution in [0.15, 0.2) is 0 Å². The Morgan fingerprint density at radius 3 is 0.0847 bits per heavy atom. The Morgan fingerprint density at radius 2 is 0.0847 bits per heavy atom. The summed E-state index contributed by atoms with van der Waals surface area (Å²) in [6.45, 7) is 0. The molecule has 0 rings (SSSR count). The second-order valence-corrected chi connectivity index (χ2v) is 0. The molecule has 0 aliphatic rings. The molecule has 0 aliphatic carbocycles. The molecule has 0 saturated heterocycles. The van der Waals surface area contributed by atoms with Crippen molar-refractivity contribution in [3.05, 3.63) is 0 Å². The summed E-state index contributed by atoms with van der Waals surface area (Å²) in [5, 5.41) is 0. The molecule has 59 heavy (non-hydrogen) atoms. The number of rotatable bonds is 0. The van der Waals surface area contributed by atoms with E-state index in [-0.39, 0.29) is 741 Å². The van der Waals surface area contributed by atoms with E-state index >= 15 is 0 Å². The van der Waals surface area contributed by atoms with E-state index in [1.165, 1.54) is 0 Å². The minimum Gasteiger partial charge on any atom is -0.412 e. The van der Waals surface area contributed by atoms with Gasteiger partial charge in [-0.05, 0) is 0 Å². The van der Waals surface area contributed by atoms with Crippen molar-refractivity contribution in [1.29, 1.82) is 0 Å². The van der Waals surface area contributed by atoms with Crippen molar-refractivity contribution in [1.82, 2.24) is 0 Å². The van der Waals surface area contributed by atoms with Crippen LogP contribution in [-0.4, -0.2) is 492 Å². The molecule has 0 fully saturated rings. The van der Waals surface area contributed by atoms with E-state index in [4.69, 9.17) is 0 Å². The maximum atomic E-state index is 0. The first kappa shape index (κ1) is 1780. The topological polar surface area (TPSA) is 1290 Å². The van der Waals surface area contributed by atoms with Gasteiger partial charge in [0.2, 0.25) is 0 Å². The van der Waals surface area contributed by atoms with E-state index in [0.29, 0.717) is 0 Å². The molecule has 0 atom stereocenters. The normalized spacial score (nSPS) is 0. The van der Waals surface area contributed by atoms with Crippen LogP contribution < -0.4 is 0 Å². The average Bonchev–Trinajstić information content (AvgIpc) is 0. The summed E-state index contributed by atoms with van der Waals surface area (Å²) in [5.74, 6) is 0. The predicted molar refractivity (Wildman–Crippen MR) is 183 cm³/mol. The molecule has 0 bridgehead atoms. The third kappa shape index (κ3) is 1660. The first-order chi connectivity index (χ1) is 0. The fourth-order valence-corrected chi connectivity index (χ4v) is 0. The van der Waals surface area contributed by atoms with Crippen LogP contribution in [0.4, 0.5) is 0 Å². The van der Waals surface area contributed by atoms with Gasteiger partial charge in [0, 0.05) is 517 Å². The monoisotopic (exact) mass is 3050 g/mol. The van der Waals surface area contributed by atoms with E-state index in [9.17, 15) is 0 Å². The maximum Gasteiger partial charge on any atom is 0 e. The molecule has 41 nitrogen and oxygen atoms in total. The standard InChI is InChI=1S/Cu.5K.41H2O.Si.11W/h;;;;;;41*1H2;;;;;;;;;;;;. The Balaban J connectivity index is 0. The summed E-state index contributed by atoms with van der Waals surface area (Å²) in [6, 6.07) is 0. The third-order valence-electron chi connectivity index (χ3n) is 0. The van der Waals surface area contributed by atoms with Gasteiger partial charge in [0.1, 0.15) is 0 Å². The van der Waals surface area contributed by atoms with Crippen molar-refractivity contribution in [2.24, 2.45) is 0 Å². The van der Waals surface area contributed by atoms with Gasteiger partial charge in [0.25, 0.3) is 0 Å². The van der Waals surface area contributed by atoms with Crippen LogP contribution in [-0.2, 0) is 249 Å². The molecule has 10 radical (unpaired) electrons. The smallest absolute Gasteiger partial charge is 0 e. The van der Waals surface area contributed by atoms with E-state index in [1.54, 1.807) is 0 Å². The Hall–Kier alpha value is 14.8. The minimum atomic E-state index is 0. The molecule has 0 amide bonds. The van der Waals surface area contributed by atoms with Crippen molar-refractivity contribution >= 4 is 268 Å². The molecule has 0 spiro atoms. The molecule has 0 aromatic carbocycles. The number of hydrogen-bond donors (Lipinski definition) is 0. The molecule has 59 heteroatoms. The van der Waals surface area contributed by atoms with Gasteiger partial charge in [0.15, 0.2) is 0 Å². The van der Waals surface area contributed by atoms with Gasteiger partial charge in [0.05, 0.1) is 0 Å². The van der Waals surface area contributed by atoms with Gasteiger partial charge in [-0.15, -0.1) is 0 Å². The van der Waals surface area contributed by atoms with Crippen LogP contribution in [0.1, 0.15) is 0 Å². The Morgan fingerprint density at radius 1 is 0.0847 bits per heavy atom. The van der Waals surface area contributed by atoms with E-state index in [0.717, 1.165) is 0 Å². The maximum absolute atomic E-state index is 0. The third-order valence-corrected chi connectivity index (χ3v) is 0. The summed E-state index contributed by atoms with van der Waals surface area (Å²) in [4.78, 5) is 0. The average molecular weight is 3050 g/mol. The van der Waals surface area contributed by atoms with E-state index in [2.05, 4.69) is 0 Å². The van der Waals surface area contributed by atoms with Gasteiger partial charge < -0.3 is 225 Å². The second-order valence-electron chi connectivity index (χ2n) is 0. The largest absolute Gasteiger partial charge is 0.412 e. The molecule has 0 heterocycles. The Bertz CT molecular complexity index is 77.8. The van der Waals surface area contributed by atoms with E-state index in [1.807, 2.05) is 0 Å². The summed E-state index contributed by atoms with van der Waals surface area (Å²) in [7, 11) is 0. The van der Waals surface area contributed by atoms with Crippen LogP contribution in [0.3, 0.4) is 0 Å². The van der Waals surface area contributed by atoms with Crippen LogP contribution >= 0.6 is 0 Å². The summed E-state index contributed by atoms with van der Waals surface area (Å²) in [5.41, 5.74) is 0. The summed E-state index contributed by atoms with van der Waals surface area (Å²) < 4.78 is 0. The summed E-state index contributed by atoms with van der Waals surface area (Å²) in [6.07, 6.45) is 0. The van der Waals surface area contributed by atoms with Gasteiger partial charge in [-0.1, -0.05) is 0 Å². The van der Waals surface area contributed by atoms with Crippen molar-refractivity contribution in [3.63, 3.8) is 0 Å². The molecule has 0 saturated carbocycles. The molecular formula is H82CuK5O41SiW11. The SMILES string of the molecule is O.O.O.O.O.O.O.O.O.O.O.O.O.O.O.O.O.O.O.O.O.O.O.O.O.O.O.O.O.O.O.O.O.O.O.O.O.O.O.O.O.[Cu].[K].[K].[K].[K].[K].[Si].[W].[W].[W].[W].[W].[W].[W].[W].[W].[W].[W]. The van der Waals surface area contributed by atoms with Crippen molar-refractivity contribution in [3.8, 4) is 0 Å². The predicted octanol–water partition coefficient (Wildman–Crippen LogP) is -36.1. The Kier molecular flexibility index (Phi) is 51400. The fraction of sp³-hybridized carbons (Fsp3) is 0. The molecule has 414 valence electrons. The zero-order chi connectivity index (χ0) is 0. The first-order valence-corrected chi connectivity index (χ1v) is 0. The van der Waals surface area contributed by atoms with Crippen LogP contribution in [0.5, 0.6) is 0 Å².